The quantitative estimate of drug-likeness (QED) is 0.0531. The number of carbonyl (C=O) groups is 4. The summed E-state index contributed by atoms with van der Waals surface area (Å²) in [5, 5.41) is 16.9. The second-order valence-corrected chi connectivity index (χ2v) is 13.4. The number of ether oxygens (including phenoxy) is 2. The van der Waals surface area contributed by atoms with Crippen molar-refractivity contribution in [2.75, 3.05) is 36.2 Å². The molecule has 3 amide bonds. The van der Waals surface area contributed by atoms with Crippen LogP contribution >= 0.6 is 11.6 Å². The standard InChI is InChI=1S/C37H31ClF6N10O6/c1-59-31(58)26(18-45-29(56)30(57)46-23-10-12-25(13-11-23)54-17-14-27(53-54)37(42,43)44)48-28(55)20-2-8-24(9-3-20)47-32-49-33(51-34(50-32)60-19-36(39,40)41)52-35(15-16-35)21-4-6-22(38)7-5-21/h2-14,17,26H,15-16,18-19H2,1H3,(H,45,56)(H,46,57)(H,48,55)(H2,47,49,50,51,52)/t26-/m0/s1. The predicted octanol–water partition coefficient (Wildman–Crippen LogP) is 5.54. The van der Waals surface area contributed by atoms with Crippen LogP contribution in [0, 0.1) is 0 Å². The summed E-state index contributed by atoms with van der Waals surface area (Å²) >= 11 is 6.02. The summed E-state index contributed by atoms with van der Waals surface area (Å²) in [6.45, 7) is -2.23. The van der Waals surface area contributed by atoms with Gasteiger partial charge in [-0.2, -0.15) is 46.4 Å². The molecule has 2 aromatic heterocycles. The van der Waals surface area contributed by atoms with Gasteiger partial charge >= 0.3 is 36.1 Å². The third-order valence-corrected chi connectivity index (χ3v) is 8.87. The summed E-state index contributed by atoms with van der Waals surface area (Å²) in [4.78, 5) is 63.0. The highest BCUT2D eigenvalue weighted by Gasteiger charge is 2.45. The fraction of sp³-hybridized carbons (Fsp3) is 0.243. The van der Waals surface area contributed by atoms with Gasteiger partial charge in [0.05, 0.1) is 18.3 Å². The lowest BCUT2D eigenvalue weighted by atomic mass is 10.1. The molecule has 1 aliphatic rings. The fourth-order valence-electron chi connectivity index (χ4n) is 5.46. The molecule has 0 radical (unpaired) electrons. The summed E-state index contributed by atoms with van der Waals surface area (Å²) in [6.07, 6.45) is -6.84. The van der Waals surface area contributed by atoms with E-state index >= 15 is 0 Å². The number of nitrogens with one attached hydrogen (secondary N) is 5. The molecule has 1 fully saturated rings. The molecule has 314 valence electrons. The Balaban J connectivity index is 1.05. The van der Waals surface area contributed by atoms with E-state index in [4.69, 9.17) is 21.1 Å². The smallest absolute Gasteiger partial charge is 0.435 e. The average molecular weight is 861 g/mol. The number of alkyl halides is 6. The molecule has 0 bridgehead atoms. The van der Waals surface area contributed by atoms with E-state index in [1.807, 2.05) is 12.1 Å². The van der Waals surface area contributed by atoms with E-state index in [1.165, 1.54) is 48.5 Å². The highest BCUT2D eigenvalue weighted by molar-refractivity contribution is 6.39. The molecule has 60 heavy (non-hydrogen) atoms. The predicted molar refractivity (Wildman–Crippen MR) is 201 cm³/mol. The first-order valence-electron chi connectivity index (χ1n) is 17.5. The Kier molecular flexibility index (Phi) is 12.4. The maximum Gasteiger partial charge on any atom is 0.435 e. The summed E-state index contributed by atoms with van der Waals surface area (Å²) in [6, 6.07) is 16.6. The second kappa shape index (κ2) is 17.5. The molecule has 16 nitrogen and oxygen atoms in total. The van der Waals surface area contributed by atoms with Crippen molar-refractivity contribution in [1.29, 1.82) is 0 Å². The Morgan fingerprint density at radius 2 is 1.48 bits per heavy atom. The summed E-state index contributed by atoms with van der Waals surface area (Å²) < 4.78 is 88.1. The van der Waals surface area contributed by atoms with Crippen molar-refractivity contribution in [3.8, 4) is 11.7 Å². The van der Waals surface area contributed by atoms with E-state index in [0.29, 0.717) is 23.6 Å². The lowest BCUT2D eigenvalue weighted by molar-refractivity contribution is -0.154. The average Bonchev–Trinajstić information content (AvgIpc) is 3.79. The number of aromatic nitrogens is 5. The van der Waals surface area contributed by atoms with Gasteiger partial charge in [-0.1, -0.05) is 23.7 Å². The molecule has 0 spiro atoms. The van der Waals surface area contributed by atoms with Crippen LogP contribution in [0.25, 0.3) is 5.69 Å². The minimum Gasteiger partial charge on any atom is -0.467 e. The number of anilines is 4. The van der Waals surface area contributed by atoms with Crippen LogP contribution in [0.15, 0.2) is 85.1 Å². The van der Waals surface area contributed by atoms with Crippen LogP contribution in [0.2, 0.25) is 5.02 Å². The van der Waals surface area contributed by atoms with Gasteiger partial charge in [-0.05, 0) is 85.1 Å². The van der Waals surface area contributed by atoms with Crippen LogP contribution in [-0.4, -0.2) is 80.9 Å². The summed E-state index contributed by atoms with van der Waals surface area (Å²) in [5.74, 6) is -4.36. The maximum absolute atomic E-state index is 13.1. The number of methoxy groups -OCH3 is 1. The van der Waals surface area contributed by atoms with Gasteiger partial charge in [0.1, 0.15) is 6.04 Å². The van der Waals surface area contributed by atoms with Gasteiger partial charge in [-0.15, -0.1) is 0 Å². The zero-order valence-electron chi connectivity index (χ0n) is 30.8. The number of hydrogen-bond acceptors (Lipinski definition) is 12. The molecular weight excluding hydrogens is 830 g/mol. The van der Waals surface area contributed by atoms with E-state index in [2.05, 4.69) is 46.6 Å². The fourth-order valence-corrected chi connectivity index (χ4v) is 5.59. The minimum atomic E-state index is -4.67. The number of rotatable bonds is 14. The third kappa shape index (κ3) is 11.2. The van der Waals surface area contributed by atoms with Crippen LogP contribution in [-0.2, 0) is 30.8 Å². The molecule has 0 unspecified atom stereocenters. The zero-order chi connectivity index (χ0) is 43.2. The van der Waals surface area contributed by atoms with Crippen molar-refractivity contribution in [2.45, 2.75) is 36.8 Å². The molecule has 1 atom stereocenters. The van der Waals surface area contributed by atoms with Crippen molar-refractivity contribution in [1.82, 2.24) is 35.4 Å². The van der Waals surface area contributed by atoms with Gasteiger partial charge in [0.2, 0.25) is 11.9 Å². The Hall–Kier alpha value is -6.97. The molecule has 1 saturated carbocycles. The van der Waals surface area contributed by atoms with Gasteiger partial charge in [0, 0.05) is 34.7 Å². The molecule has 1 aliphatic carbocycles. The van der Waals surface area contributed by atoms with Gasteiger partial charge in [-0.25, -0.2) is 9.48 Å². The zero-order valence-corrected chi connectivity index (χ0v) is 31.6. The van der Waals surface area contributed by atoms with Crippen LogP contribution < -0.4 is 31.3 Å². The normalized spacial score (nSPS) is 13.7. The Morgan fingerprint density at radius 3 is 2.08 bits per heavy atom. The van der Waals surface area contributed by atoms with Crippen LogP contribution in [0.4, 0.5) is 49.6 Å². The van der Waals surface area contributed by atoms with E-state index in [1.54, 1.807) is 12.1 Å². The lowest BCUT2D eigenvalue weighted by Crippen LogP contribution is -2.50. The van der Waals surface area contributed by atoms with Gasteiger partial charge < -0.3 is 36.1 Å². The molecule has 5 aromatic rings. The summed E-state index contributed by atoms with van der Waals surface area (Å²) in [7, 11) is 1.04. The molecular formula is C37H31ClF6N10O6. The van der Waals surface area contributed by atoms with Crippen molar-refractivity contribution >= 4 is 58.6 Å². The maximum atomic E-state index is 13.1. The number of amides is 3. The molecule has 23 heteroatoms. The Morgan fingerprint density at radius 1 is 0.833 bits per heavy atom. The first kappa shape index (κ1) is 42.6. The first-order valence-corrected chi connectivity index (χ1v) is 17.9. The van der Waals surface area contributed by atoms with Crippen molar-refractivity contribution in [3.63, 3.8) is 0 Å². The van der Waals surface area contributed by atoms with E-state index < -0.39 is 72.5 Å². The van der Waals surface area contributed by atoms with Crippen molar-refractivity contribution < 1.29 is 55.0 Å². The monoisotopic (exact) mass is 860 g/mol. The Labute approximate surface area is 340 Å². The van der Waals surface area contributed by atoms with Crippen LogP contribution in [0.1, 0.15) is 34.5 Å². The second-order valence-electron chi connectivity index (χ2n) is 13.0. The minimum absolute atomic E-state index is 0.0255. The Bertz CT molecular complexity index is 2360. The van der Waals surface area contributed by atoms with Gasteiger partial charge in [0.15, 0.2) is 12.3 Å². The lowest BCUT2D eigenvalue weighted by Gasteiger charge is -2.19. The molecule has 6 rings (SSSR count). The number of benzene rings is 3. The van der Waals surface area contributed by atoms with E-state index in [9.17, 15) is 45.5 Å². The highest BCUT2D eigenvalue weighted by atomic mass is 35.5. The van der Waals surface area contributed by atoms with Gasteiger partial charge in [0.25, 0.3) is 5.91 Å². The van der Waals surface area contributed by atoms with Gasteiger partial charge in [-0.3, -0.25) is 14.4 Å². The summed E-state index contributed by atoms with van der Waals surface area (Å²) in [5.41, 5.74) is -0.157. The highest BCUT2D eigenvalue weighted by Crippen LogP contribution is 2.48. The molecule has 0 saturated heterocycles. The molecule has 3 aromatic carbocycles. The molecule has 2 heterocycles. The molecule has 0 aliphatic heterocycles. The largest absolute Gasteiger partial charge is 0.467 e. The number of nitrogens with zero attached hydrogens (tertiary/aromatic N) is 5. The SMILES string of the molecule is COC(=O)[C@H](CNC(=O)C(=O)Nc1ccc(-n2ccc(C(F)(F)F)n2)cc1)NC(=O)c1ccc(Nc2nc(NC3(c4ccc(Cl)cc4)CC3)nc(OCC(F)(F)F)n2)cc1. The topological polar surface area (TPSA) is 203 Å². The number of hydrogen-bond donors (Lipinski definition) is 5. The number of carbonyl (C=O) groups excluding carboxylic acids is 4. The molecule has 5 N–H and O–H groups in total. The first-order chi connectivity index (χ1) is 28.4. The third-order valence-electron chi connectivity index (χ3n) is 8.61. The number of halogens is 7. The van der Waals surface area contributed by atoms with E-state index in [-0.39, 0.29) is 28.8 Å². The number of esters is 1. The van der Waals surface area contributed by atoms with Crippen molar-refractivity contribution in [3.05, 3.63) is 107 Å². The van der Waals surface area contributed by atoms with Crippen LogP contribution in [0.5, 0.6) is 6.01 Å². The van der Waals surface area contributed by atoms with Crippen molar-refractivity contribution in [2.24, 2.45) is 0 Å². The van der Waals surface area contributed by atoms with E-state index in [0.717, 1.165) is 29.6 Å². The van der Waals surface area contributed by atoms with Crippen LogP contribution in [0.3, 0.4) is 0 Å².